The minimum Gasteiger partial charge on any atom is -0.497 e. The molecule has 0 amide bonds. The van der Waals surface area contributed by atoms with E-state index in [1.165, 1.54) is 25.1 Å². The van der Waals surface area contributed by atoms with Gasteiger partial charge in [0.05, 0.1) is 14.2 Å². The van der Waals surface area contributed by atoms with E-state index in [0.29, 0.717) is 12.0 Å². The summed E-state index contributed by atoms with van der Waals surface area (Å²) in [6, 6.07) is 6.62. The van der Waals surface area contributed by atoms with Gasteiger partial charge < -0.3 is 19.7 Å². The maximum absolute atomic E-state index is 5.31. The van der Waals surface area contributed by atoms with Crippen molar-refractivity contribution >= 4 is 0 Å². The maximum atomic E-state index is 5.31. The largest absolute Gasteiger partial charge is 0.497 e. The van der Waals surface area contributed by atoms with Gasteiger partial charge in [0.2, 0.25) is 0 Å². The molecule has 0 bridgehead atoms. The number of nitrogens with zero attached hydrogens (tertiary/aromatic N) is 1. The van der Waals surface area contributed by atoms with Crippen LogP contribution in [0.5, 0.6) is 11.5 Å². The van der Waals surface area contributed by atoms with E-state index in [2.05, 4.69) is 36.3 Å². The Balaban J connectivity index is 1.96. The average molecular weight is 278 g/mol. The smallest absolute Gasteiger partial charge is 0.122 e. The molecular weight excluding hydrogens is 252 g/mol. The molecule has 112 valence electrons. The first-order chi connectivity index (χ1) is 9.62. The highest BCUT2D eigenvalue weighted by molar-refractivity contribution is 5.38. The fourth-order valence-corrected chi connectivity index (χ4v) is 2.87. The molecular formula is C16H26N2O2. The normalized spacial score (nSPS) is 23.6. The molecule has 0 aromatic heterocycles. The van der Waals surface area contributed by atoms with Gasteiger partial charge in [-0.15, -0.1) is 0 Å². The summed E-state index contributed by atoms with van der Waals surface area (Å²) < 4.78 is 10.6. The molecule has 20 heavy (non-hydrogen) atoms. The zero-order valence-electron chi connectivity index (χ0n) is 13.0. The van der Waals surface area contributed by atoms with Gasteiger partial charge >= 0.3 is 0 Å². The summed E-state index contributed by atoms with van der Waals surface area (Å²) in [5, 5.41) is 3.67. The van der Waals surface area contributed by atoms with Crippen LogP contribution in [0.25, 0.3) is 0 Å². The van der Waals surface area contributed by atoms with Gasteiger partial charge in [-0.1, -0.05) is 6.92 Å². The molecule has 2 atom stereocenters. The van der Waals surface area contributed by atoms with Gasteiger partial charge in [-0.2, -0.15) is 0 Å². The summed E-state index contributed by atoms with van der Waals surface area (Å²) in [5.74, 6) is 2.37. The number of hydrogen-bond acceptors (Lipinski definition) is 4. The van der Waals surface area contributed by atoms with Gasteiger partial charge in [-0.05, 0) is 43.6 Å². The Kier molecular flexibility index (Phi) is 5.26. The van der Waals surface area contributed by atoms with E-state index in [9.17, 15) is 0 Å². The number of benzene rings is 1. The summed E-state index contributed by atoms with van der Waals surface area (Å²) in [4.78, 5) is 2.40. The van der Waals surface area contributed by atoms with Crippen LogP contribution < -0.4 is 14.8 Å². The molecule has 2 rings (SSSR count). The van der Waals surface area contributed by atoms with Crippen LogP contribution in [0.4, 0.5) is 0 Å². The van der Waals surface area contributed by atoms with Crippen molar-refractivity contribution in [1.29, 1.82) is 0 Å². The third-order valence-electron chi connectivity index (χ3n) is 4.09. The minimum atomic E-state index is 0.586. The Morgan fingerprint density at radius 2 is 1.85 bits per heavy atom. The molecule has 4 nitrogen and oxygen atoms in total. The highest BCUT2D eigenvalue weighted by atomic mass is 16.5. The molecule has 1 N–H and O–H groups in total. The first-order valence-electron chi connectivity index (χ1n) is 7.26. The van der Waals surface area contributed by atoms with Crippen molar-refractivity contribution in [3.63, 3.8) is 0 Å². The van der Waals surface area contributed by atoms with Crippen LogP contribution in [-0.4, -0.2) is 45.3 Å². The van der Waals surface area contributed by atoms with Crippen molar-refractivity contribution in [2.24, 2.45) is 5.92 Å². The summed E-state index contributed by atoms with van der Waals surface area (Å²) in [7, 11) is 5.57. The molecule has 0 saturated carbocycles. The summed E-state index contributed by atoms with van der Waals surface area (Å²) in [5.41, 5.74) is 1.20. The lowest BCUT2D eigenvalue weighted by molar-refractivity contribution is 0.174. The quantitative estimate of drug-likeness (QED) is 0.894. The van der Waals surface area contributed by atoms with Crippen molar-refractivity contribution < 1.29 is 9.47 Å². The lowest BCUT2D eigenvalue weighted by atomic mass is 9.94. The molecule has 1 aliphatic heterocycles. The summed E-state index contributed by atoms with van der Waals surface area (Å²) >= 11 is 0. The van der Waals surface area contributed by atoms with E-state index in [1.54, 1.807) is 14.2 Å². The van der Waals surface area contributed by atoms with Crippen molar-refractivity contribution in [1.82, 2.24) is 10.2 Å². The molecule has 1 saturated heterocycles. The Hall–Kier alpha value is -1.26. The lowest BCUT2D eigenvalue weighted by Gasteiger charge is -2.35. The zero-order valence-corrected chi connectivity index (χ0v) is 13.0. The number of rotatable bonds is 5. The second kappa shape index (κ2) is 6.95. The van der Waals surface area contributed by atoms with Crippen LogP contribution in [0.1, 0.15) is 18.9 Å². The molecule has 1 heterocycles. The monoisotopic (exact) mass is 278 g/mol. The number of nitrogens with one attached hydrogen (secondary N) is 1. The third-order valence-corrected chi connectivity index (χ3v) is 4.09. The van der Waals surface area contributed by atoms with Crippen LogP contribution in [0.3, 0.4) is 0 Å². The maximum Gasteiger partial charge on any atom is 0.122 e. The highest BCUT2D eigenvalue weighted by Gasteiger charge is 2.23. The van der Waals surface area contributed by atoms with Gasteiger partial charge in [0.15, 0.2) is 0 Å². The van der Waals surface area contributed by atoms with Crippen LogP contribution in [0.15, 0.2) is 18.2 Å². The number of ether oxygens (including phenoxy) is 2. The zero-order chi connectivity index (χ0) is 14.5. The van der Waals surface area contributed by atoms with E-state index in [1.807, 2.05) is 6.07 Å². The van der Waals surface area contributed by atoms with Crippen LogP contribution >= 0.6 is 0 Å². The second-order valence-electron chi connectivity index (χ2n) is 5.74. The fourth-order valence-electron chi connectivity index (χ4n) is 2.87. The first kappa shape index (κ1) is 15.1. The third kappa shape index (κ3) is 3.87. The van der Waals surface area contributed by atoms with E-state index in [4.69, 9.17) is 9.47 Å². The van der Waals surface area contributed by atoms with Gasteiger partial charge in [0.25, 0.3) is 0 Å². The van der Waals surface area contributed by atoms with Crippen molar-refractivity contribution in [3.8, 4) is 11.5 Å². The molecule has 1 fully saturated rings. The summed E-state index contributed by atoms with van der Waals surface area (Å²) in [6.07, 6.45) is 1.21. The molecule has 1 aromatic carbocycles. The number of piperidine rings is 1. The highest BCUT2D eigenvalue weighted by Crippen LogP contribution is 2.23. The van der Waals surface area contributed by atoms with E-state index in [0.717, 1.165) is 18.0 Å². The van der Waals surface area contributed by atoms with Gasteiger partial charge in [-0.25, -0.2) is 0 Å². The minimum absolute atomic E-state index is 0.586. The van der Waals surface area contributed by atoms with Crippen molar-refractivity contribution in [2.75, 3.05) is 34.4 Å². The van der Waals surface area contributed by atoms with Crippen LogP contribution in [-0.2, 0) is 6.54 Å². The van der Waals surface area contributed by atoms with Gasteiger partial charge in [0, 0.05) is 25.2 Å². The van der Waals surface area contributed by atoms with Crippen molar-refractivity contribution in [3.05, 3.63) is 23.8 Å². The van der Waals surface area contributed by atoms with Crippen molar-refractivity contribution in [2.45, 2.75) is 25.9 Å². The Morgan fingerprint density at radius 1 is 1.20 bits per heavy atom. The number of likely N-dealkylation sites (tertiary alicyclic amines) is 1. The Bertz CT molecular complexity index is 414. The van der Waals surface area contributed by atoms with Gasteiger partial charge in [0.1, 0.15) is 11.5 Å². The first-order valence-corrected chi connectivity index (χ1v) is 7.26. The molecule has 0 radical (unpaired) electrons. The fraction of sp³-hybridized carbons (Fsp3) is 0.625. The molecule has 0 spiro atoms. The topological polar surface area (TPSA) is 33.7 Å². The summed E-state index contributed by atoms with van der Waals surface area (Å²) in [6.45, 7) is 5.51. The van der Waals surface area contributed by atoms with E-state index < -0.39 is 0 Å². The molecule has 4 heteroatoms. The Labute approximate surface area is 122 Å². The second-order valence-corrected chi connectivity index (χ2v) is 5.74. The standard InChI is InChI=1S/C16H26N2O2/c1-12-11-18(2)6-5-16(12)17-10-13-7-14(19-3)9-15(8-13)20-4/h7-9,12,16-17H,5-6,10-11H2,1-4H3. The molecule has 1 aromatic rings. The predicted molar refractivity (Wildman–Crippen MR) is 81.5 cm³/mol. The number of hydrogen-bond donors (Lipinski definition) is 1. The SMILES string of the molecule is COc1cc(CNC2CCN(C)CC2C)cc(OC)c1. The van der Waals surface area contributed by atoms with Crippen LogP contribution in [0, 0.1) is 5.92 Å². The number of methoxy groups -OCH3 is 2. The van der Waals surface area contributed by atoms with E-state index in [-0.39, 0.29) is 0 Å². The van der Waals surface area contributed by atoms with E-state index >= 15 is 0 Å². The lowest BCUT2D eigenvalue weighted by Crippen LogP contribution is -2.46. The average Bonchev–Trinajstić information content (AvgIpc) is 2.46. The van der Waals surface area contributed by atoms with Crippen LogP contribution in [0.2, 0.25) is 0 Å². The molecule has 0 aliphatic carbocycles. The predicted octanol–water partition coefficient (Wildman–Crippen LogP) is 2.13. The molecule has 2 unspecified atom stereocenters. The van der Waals surface area contributed by atoms with Gasteiger partial charge in [-0.3, -0.25) is 0 Å². The Morgan fingerprint density at radius 3 is 2.40 bits per heavy atom. The molecule has 1 aliphatic rings.